The summed E-state index contributed by atoms with van der Waals surface area (Å²) >= 11 is 0. The van der Waals surface area contributed by atoms with E-state index in [0.717, 1.165) is 5.92 Å². The Hall–Kier alpha value is -0.570. The SMILES string of the molecule is CC(NC(=O)C1(C)COC1)C1CC1. The number of carbonyl (C=O) groups is 1. The van der Waals surface area contributed by atoms with E-state index >= 15 is 0 Å². The fraction of sp³-hybridized carbons (Fsp3) is 0.900. The summed E-state index contributed by atoms with van der Waals surface area (Å²) in [6, 6.07) is 0.352. The van der Waals surface area contributed by atoms with Gasteiger partial charge >= 0.3 is 0 Å². The lowest BCUT2D eigenvalue weighted by atomic mass is 9.87. The van der Waals surface area contributed by atoms with Crippen molar-refractivity contribution in [2.45, 2.75) is 32.7 Å². The third kappa shape index (κ3) is 1.70. The van der Waals surface area contributed by atoms with E-state index < -0.39 is 0 Å². The molecule has 1 unspecified atom stereocenters. The lowest BCUT2D eigenvalue weighted by Crippen LogP contribution is -2.54. The molecular formula is C10H17NO2. The number of rotatable bonds is 3. The third-order valence-corrected chi connectivity index (χ3v) is 3.08. The number of nitrogens with one attached hydrogen (secondary N) is 1. The van der Waals surface area contributed by atoms with Crippen LogP contribution < -0.4 is 5.32 Å². The predicted molar refractivity (Wildman–Crippen MR) is 49.3 cm³/mol. The summed E-state index contributed by atoms with van der Waals surface area (Å²) in [6.07, 6.45) is 2.54. The monoisotopic (exact) mass is 183 g/mol. The van der Waals surface area contributed by atoms with Gasteiger partial charge in [0.1, 0.15) is 0 Å². The minimum absolute atomic E-state index is 0.165. The van der Waals surface area contributed by atoms with Crippen LogP contribution in [-0.4, -0.2) is 25.2 Å². The van der Waals surface area contributed by atoms with Crippen LogP contribution >= 0.6 is 0 Å². The maximum atomic E-state index is 11.7. The molecule has 2 aliphatic rings. The highest BCUT2D eigenvalue weighted by Crippen LogP contribution is 2.33. The average Bonchev–Trinajstić information content (AvgIpc) is 2.81. The molecular weight excluding hydrogens is 166 g/mol. The fourth-order valence-corrected chi connectivity index (χ4v) is 1.63. The highest BCUT2D eigenvalue weighted by molar-refractivity contribution is 5.83. The molecule has 1 saturated carbocycles. The second-order valence-corrected chi connectivity index (χ2v) is 4.65. The summed E-state index contributed by atoms with van der Waals surface area (Å²) in [6.45, 7) is 5.22. The van der Waals surface area contributed by atoms with Gasteiger partial charge in [0.25, 0.3) is 0 Å². The van der Waals surface area contributed by atoms with Gasteiger partial charge in [-0.25, -0.2) is 0 Å². The first-order valence-corrected chi connectivity index (χ1v) is 5.00. The number of ether oxygens (including phenoxy) is 1. The first-order chi connectivity index (χ1) is 6.12. The Labute approximate surface area is 78.8 Å². The summed E-state index contributed by atoms with van der Waals surface area (Å²) < 4.78 is 5.06. The van der Waals surface area contributed by atoms with Crippen LogP contribution in [-0.2, 0) is 9.53 Å². The molecule has 0 bridgehead atoms. The van der Waals surface area contributed by atoms with Crippen molar-refractivity contribution in [2.24, 2.45) is 11.3 Å². The van der Waals surface area contributed by atoms with E-state index in [2.05, 4.69) is 12.2 Å². The van der Waals surface area contributed by atoms with Gasteiger partial charge in [0.2, 0.25) is 5.91 Å². The smallest absolute Gasteiger partial charge is 0.230 e. The summed E-state index contributed by atoms with van der Waals surface area (Å²) in [4.78, 5) is 11.7. The first-order valence-electron chi connectivity index (χ1n) is 5.00. The van der Waals surface area contributed by atoms with Crippen molar-refractivity contribution < 1.29 is 9.53 Å². The Morgan fingerprint density at radius 3 is 2.54 bits per heavy atom. The molecule has 1 N–H and O–H groups in total. The molecule has 3 heteroatoms. The van der Waals surface area contributed by atoms with Crippen LogP contribution in [0.5, 0.6) is 0 Å². The van der Waals surface area contributed by atoms with Crippen LogP contribution in [0, 0.1) is 11.3 Å². The minimum Gasteiger partial charge on any atom is -0.379 e. The largest absolute Gasteiger partial charge is 0.379 e. The summed E-state index contributed by atoms with van der Waals surface area (Å²) in [5.41, 5.74) is -0.247. The van der Waals surface area contributed by atoms with Gasteiger partial charge in [0.15, 0.2) is 0 Å². The van der Waals surface area contributed by atoms with Crippen molar-refractivity contribution in [1.29, 1.82) is 0 Å². The van der Waals surface area contributed by atoms with E-state index in [4.69, 9.17) is 4.74 Å². The van der Waals surface area contributed by atoms with Gasteiger partial charge in [-0.3, -0.25) is 4.79 Å². The quantitative estimate of drug-likeness (QED) is 0.707. The second-order valence-electron chi connectivity index (χ2n) is 4.65. The van der Waals surface area contributed by atoms with Crippen molar-refractivity contribution >= 4 is 5.91 Å². The van der Waals surface area contributed by atoms with Crippen LogP contribution in [0.3, 0.4) is 0 Å². The van der Waals surface area contributed by atoms with Crippen LogP contribution in [0.25, 0.3) is 0 Å². The highest BCUT2D eigenvalue weighted by atomic mass is 16.5. The zero-order chi connectivity index (χ0) is 9.47. The van der Waals surface area contributed by atoms with Crippen molar-refractivity contribution in [2.75, 3.05) is 13.2 Å². The van der Waals surface area contributed by atoms with Crippen LogP contribution in [0.1, 0.15) is 26.7 Å². The van der Waals surface area contributed by atoms with Crippen molar-refractivity contribution in [3.63, 3.8) is 0 Å². The highest BCUT2D eigenvalue weighted by Gasteiger charge is 2.42. The molecule has 1 amide bonds. The molecule has 1 heterocycles. The average molecular weight is 183 g/mol. The normalized spacial score (nSPS) is 27.5. The second kappa shape index (κ2) is 2.98. The Balaban J connectivity index is 1.83. The Bertz CT molecular complexity index is 219. The van der Waals surface area contributed by atoms with E-state index in [-0.39, 0.29) is 11.3 Å². The van der Waals surface area contributed by atoms with Gasteiger partial charge in [-0.05, 0) is 32.6 Å². The zero-order valence-electron chi connectivity index (χ0n) is 8.30. The number of hydrogen-bond acceptors (Lipinski definition) is 2. The number of hydrogen-bond donors (Lipinski definition) is 1. The van der Waals surface area contributed by atoms with Crippen molar-refractivity contribution in [1.82, 2.24) is 5.32 Å². The van der Waals surface area contributed by atoms with E-state index in [1.165, 1.54) is 12.8 Å². The summed E-state index contributed by atoms with van der Waals surface area (Å²) in [5, 5.41) is 3.07. The summed E-state index contributed by atoms with van der Waals surface area (Å²) in [5.74, 6) is 0.895. The molecule has 1 aliphatic heterocycles. The van der Waals surface area contributed by atoms with Gasteiger partial charge in [-0.15, -0.1) is 0 Å². The molecule has 3 nitrogen and oxygen atoms in total. The number of amides is 1. The van der Waals surface area contributed by atoms with Gasteiger partial charge in [0, 0.05) is 6.04 Å². The molecule has 13 heavy (non-hydrogen) atoms. The number of carbonyl (C=O) groups excluding carboxylic acids is 1. The fourth-order valence-electron chi connectivity index (χ4n) is 1.63. The van der Waals surface area contributed by atoms with Gasteiger partial charge in [-0.1, -0.05) is 0 Å². The topological polar surface area (TPSA) is 38.3 Å². The Morgan fingerprint density at radius 2 is 2.15 bits per heavy atom. The lowest BCUT2D eigenvalue weighted by molar-refractivity contribution is -0.158. The van der Waals surface area contributed by atoms with Gasteiger partial charge in [-0.2, -0.15) is 0 Å². The zero-order valence-corrected chi connectivity index (χ0v) is 8.30. The lowest BCUT2D eigenvalue weighted by Gasteiger charge is -2.37. The van der Waals surface area contributed by atoms with E-state index in [9.17, 15) is 4.79 Å². The van der Waals surface area contributed by atoms with Crippen LogP contribution in [0.15, 0.2) is 0 Å². The molecule has 1 atom stereocenters. The molecule has 1 saturated heterocycles. The van der Waals surface area contributed by atoms with Crippen molar-refractivity contribution in [3.05, 3.63) is 0 Å². The molecule has 1 aliphatic carbocycles. The Morgan fingerprint density at radius 1 is 1.54 bits per heavy atom. The van der Waals surface area contributed by atoms with Gasteiger partial charge < -0.3 is 10.1 Å². The van der Waals surface area contributed by atoms with Crippen LogP contribution in [0.2, 0.25) is 0 Å². The maximum Gasteiger partial charge on any atom is 0.230 e. The predicted octanol–water partition coefficient (Wildman–Crippen LogP) is 0.938. The molecule has 0 aromatic heterocycles. The molecule has 0 radical (unpaired) electrons. The van der Waals surface area contributed by atoms with Crippen LogP contribution in [0.4, 0.5) is 0 Å². The molecule has 0 aromatic rings. The minimum atomic E-state index is -0.247. The standard InChI is InChI=1S/C10H17NO2/c1-7(8-3-4-8)11-9(12)10(2)5-13-6-10/h7-8H,3-6H2,1-2H3,(H,11,12). The molecule has 2 rings (SSSR count). The van der Waals surface area contributed by atoms with E-state index in [1.807, 2.05) is 6.92 Å². The van der Waals surface area contributed by atoms with E-state index in [0.29, 0.717) is 19.3 Å². The first kappa shape index (κ1) is 9.00. The molecule has 74 valence electrons. The molecule has 0 spiro atoms. The summed E-state index contributed by atoms with van der Waals surface area (Å²) in [7, 11) is 0. The van der Waals surface area contributed by atoms with Gasteiger partial charge in [0.05, 0.1) is 18.6 Å². The van der Waals surface area contributed by atoms with Crippen molar-refractivity contribution in [3.8, 4) is 0 Å². The molecule has 2 fully saturated rings. The maximum absolute atomic E-state index is 11.7. The molecule has 0 aromatic carbocycles. The van der Waals surface area contributed by atoms with E-state index in [1.54, 1.807) is 0 Å². The Kier molecular flexibility index (Phi) is 2.06. The third-order valence-electron chi connectivity index (χ3n) is 3.08.